The van der Waals surface area contributed by atoms with Crippen molar-refractivity contribution in [3.8, 4) is 0 Å². The maximum atomic E-state index is 15.1. The zero-order valence-corrected chi connectivity index (χ0v) is 23.9. The molecule has 0 spiro atoms. The predicted octanol–water partition coefficient (Wildman–Crippen LogP) is 8.84. The van der Waals surface area contributed by atoms with Crippen LogP contribution in [-0.2, 0) is 13.6 Å². The molecule has 186 valence electrons. The lowest BCUT2D eigenvalue weighted by molar-refractivity contribution is -0.00479. The molecule has 3 nitrogen and oxygen atoms in total. The molecule has 2 fully saturated rings. The molecular weight excluding hydrogens is 455 g/mol. The summed E-state index contributed by atoms with van der Waals surface area (Å²) in [6.07, 6.45) is 14.1. The molecule has 0 bridgehead atoms. The van der Waals surface area contributed by atoms with Crippen molar-refractivity contribution in [1.82, 2.24) is 0 Å². The van der Waals surface area contributed by atoms with Crippen molar-refractivity contribution in [2.45, 2.75) is 103 Å². The van der Waals surface area contributed by atoms with Gasteiger partial charge in [-0.05, 0) is 67.4 Å². The minimum absolute atomic E-state index is 0.0265. The molecule has 3 aliphatic rings. The molecule has 0 amide bonds. The Morgan fingerprint density at radius 3 is 1.78 bits per heavy atom. The molecule has 0 aromatic heterocycles. The summed E-state index contributed by atoms with van der Waals surface area (Å²) in [6, 6.07) is 0. The van der Waals surface area contributed by atoms with Gasteiger partial charge in [-0.1, -0.05) is 66.5 Å². The number of allylic oxidation sites excluding steroid dienone is 1. The van der Waals surface area contributed by atoms with Crippen LogP contribution in [0.15, 0.2) is 12.2 Å². The fourth-order valence-electron chi connectivity index (χ4n) is 6.00. The second-order valence-corrected chi connectivity index (χ2v) is 16.8. The van der Waals surface area contributed by atoms with Crippen LogP contribution in [0, 0.1) is 35.5 Å². The van der Waals surface area contributed by atoms with Gasteiger partial charge in [-0.15, -0.1) is 23.5 Å². The lowest BCUT2D eigenvalue weighted by Gasteiger charge is -2.46. The molecule has 0 N–H and O–H groups in total. The maximum Gasteiger partial charge on any atom is 0.357 e. The quantitative estimate of drug-likeness (QED) is 0.245. The normalized spacial score (nSPS) is 39.0. The van der Waals surface area contributed by atoms with Gasteiger partial charge >= 0.3 is 7.60 Å². The molecule has 32 heavy (non-hydrogen) atoms. The van der Waals surface area contributed by atoms with Crippen LogP contribution in [0.1, 0.15) is 86.5 Å². The summed E-state index contributed by atoms with van der Waals surface area (Å²) in [5, 5.41) is 0. The molecule has 1 heterocycles. The van der Waals surface area contributed by atoms with E-state index in [9.17, 15) is 0 Å². The van der Waals surface area contributed by atoms with Crippen molar-refractivity contribution >= 4 is 31.1 Å². The minimum Gasteiger partial charge on any atom is -0.303 e. The molecule has 7 atom stereocenters. The summed E-state index contributed by atoms with van der Waals surface area (Å²) in [5.74, 6) is 4.08. The van der Waals surface area contributed by atoms with Gasteiger partial charge < -0.3 is 9.05 Å². The SMILES string of the molecule is CSC1(P(=O)(O[C@@H]2C[C@H](C)CC[C@H]2C(C)C)O[C@@H]2C[C@H](C)CC[C@H]2C(C)C)CC=CCS1. The van der Waals surface area contributed by atoms with Gasteiger partial charge in [-0.2, -0.15) is 0 Å². The van der Waals surface area contributed by atoms with Gasteiger partial charge in [0.25, 0.3) is 0 Å². The summed E-state index contributed by atoms with van der Waals surface area (Å²) >= 11 is 3.48. The Morgan fingerprint density at radius 2 is 1.41 bits per heavy atom. The Balaban J connectivity index is 1.95. The lowest BCUT2D eigenvalue weighted by atomic mass is 9.75. The minimum atomic E-state index is -3.40. The first-order chi connectivity index (χ1) is 15.1. The van der Waals surface area contributed by atoms with E-state index in [1.807, 2.05) is 0 Å². The smallest absolute Gasteiger partial charge is 0.303 e. The third kappa shape index (κ3) is 6.04. The second-order valence-electron chi connectivity index (χ2n) is 11.3. The number of rotatable bonds is 8. The van der Waals surface area contributed by atoms with E-state index in [4.69, 9.17) is 9.05 Å². The van der Waals surface area contributed by atoms with E-state index < -0.39 is 11.4 Å². The van der Waals surface area contributed by atoms with Gasteiger partial charge in [0.2, 0.25) is 0 Å². The van der Waals surface area contributed by atoms with Crippen LogP contribution >= 0.6 is 31.1 Å². The van der Waals surface area contributed by atoms with Crippen LogP contribution in [0.5, 0.6) is 0 Å². The summed E-state index contributed by atoms with van der Waals surface area (Å²) < 4.78 is 28.3. The van der Waals surface area contributed by atoms with Crippen LogP contribution in [-0.4, -0.2) is 28.0 Å². The van der Waals surface area contributed by atoms with Crippen molar-refractivity contribution in [3.63, 3.8) is 0 Å². The molecule has 1 unspecified atom stereocenters. The van der Waals surface area contributed by atoms with Gasteiger partial charge in [-0.25, -0.2) is 0 Å². The standard InChI is InChI=1S/C26H47O3PS2/c1-18(2)22-12-10-20(5)16-24(22)28-30(27,26(31-7)14-8-9-15-32-26)29-25-17-21(6)11-13-23(25)19(3)4/h8-9,18-25H,10-17H2,1-7H3/t20-,21-,22+,23+,24-,25-,26?/m1/s1. The fraction of sp³-hybridized carbons (Fsp3) is 0.923. The van der Waals surface area contributed by atoms with Gasteiger partial charge in [0.1, 0.15) is 0 Å². The van der Waals surface area contributed by atoms with Gasteiger partial charge in [-0.3, -0.25) is 4.57 Å². The maximum absolute atomic E-state index is 15.1. The average molecular weight is 503 g/mol. The number of thioether (sulfide) groups is 2. The van der Waals surface area contributed by atoms with E-state index in [1.54, 1.807) is 23.5 Å². The van der Waals surface area contributed by atoms with Gasteiger partial charge in [0.05, 0.1) is 12.2 Å². The van der Waals surface area contributed by atoms with E-state index in [0.29, 0.717) is 35.5 Å². The molecule has 0 radical (unpaired) electrons. The molecule has 1 aliphatic heterocycles. The highest BCUT2D eigenvalue weighted by molar-refractivity contribution is 8.25. The summed E-state index contributed by atoms with van der Waals surface area (Å²) in [5.41, 5.74) is 0. The first-order valence-corrected chi connectivity index (χ1v) is 16.7. The Bertz CT molecular complexity index is 644. The van der Waals surface area contributed by atoms with Crippen LogP contribution in [0.4, 0.5) is 0 Å². The Hall–Kier alpha value is 0.590. The second kappa shape index (κ2) is 11.5. The Morgan fingerprint density at radius 1 is 0.906 bits per heavy atom. The van der Waals surface area contributed by atoms with Gasteiger partial charge in [0, 0.05) is 12.2 Å². The van der Waals surface area contributed by atoms with E-state index in [0.717, 1.165) is 37.9 Å². The van der Waals surface area contributed by atoms with Crippen LogP contribution in [0.2, 0.25) is 0 Å². The third-order valence-corrected chi connectivity index (χ3v) is 15.2. The molecule has 6 heteroatoms. The van der Waals surface area contributed by atoms with E-state index in [-0.39, 0.29) is 12.2 Å². The number of hydrogen-bond donors (Lipinski definition) is 0. The summed E-state index contributed by atoms with van der Waals surface area (Å²) in [6.45, 7) is 13.8. The lowest BCUT2D eigenvalue weighted by Crippen LogP contribution is -2.39. The average Bonchev–Trinajstić information content (AvgIpc) is 2.73. The van der Waals surface area contributed by atoms with E-state index >= 15 is 4.57 Å². The van der Waals surface area contributed by atoms with Crippen LogP contribution in [0.3, 0.4) is 0 Å². The van der Waals surface area contributed by atoms with Gasteiger partial charge in [0.15, 0.2) is 3.82 Å². The van der Waals surface area contributed by atoms with Crippen molar-refractivity contribution < 1.29 is 13.6 Å². The molecule has 2 saturated carbocycles. The van der Waals surface area contributed by atoms with Crippen LogP contribution < -0.4 is 0 Å². The summed E-state index contributed by atoms with van der Waals surface area (Å²) in [4.78, 5) is 0. The first-order valence-electron chi connectivity index (χ1n) is 12.9. The zero-order valence-electron chi connectivity index (χ0n) is 21.4. The molecule has 0 aromatic rings. The zero-order chi connectivity index (χ0) is 23.5. The fourth-order valence-corrected chi connectivity index (χ4v) is 11.8. The Kier molecular flexibility index (Phi) is 9.81. The van der Waals surface area contributed by atoms with E-state index in [2.05, 4.69) is 60.0 Å². The largest absolute Gasteiger partial charge is 0.357 e. The first kappa shape index (κ1) is 27.2. The highest BCUT2D eigenvalue weighted by Crippen LogP contribution is 2.73. The molecular formula is C26H47O3PS2. The highest BCUT2D eigenvalue weighted by Gasteiger charge is 2.55. The van der Waals surface area contributed by atoms with E-state index in [1.165, 1.54) is 12.8 Å². The van der Waals surface area contributed by atoms with Crippen molar-refractivity contribution in [3.05, 3.63) is 12.2 Å². The predicted molar refractivity (Wildman–Crippen MR) is 142 cm³/mol. The molecule has 3 rings (SSSR count). The monoisotopic (exact) mass is 502 g/mol. The van der Waals surface area contributed by atoms with Crippen molar-refractivity contribution in [1.29, 1.82) is 0 Å². The Labute approximate surface area is 206 Å². The topological polar surface area (TPSA) is 35.5 Å². The highest BCUT2D eigenvalue weighted by atomic mass is 32.2. The summed E-state index contributed by atoms with van der Waals surface area (Å²) in [7, 11) is -3.40. The molecule has 2 aliphatic carbocycles. The number of hydrogen-bond acceptors (Lipinski definition) is 5. The molecule has 0 aromatic carbocycles. The van der Waals surface area contributed by atoms with Crippen LogP contribution in [0.25, 0.3) is 0 Å². The third-order valence-electron chi connectivity index (χ3n) is 8.15. The van der Waals surface area contributed by atoms with Crippen molar-refractivity contribution in [2.24, 2.45) is 35.5 Å². The molecule has 0 saturated heterocycles. The van der Waals surface area contributed by atoms with Crippen molar-refractivity contribution in [2.75, 3.05) is 12.0 Å².